The first-order chi connectivity index (χ1) is 10.3. The lowest BCUT2D eigenvalue weighted by Crippen LogP contribution is -2.49. The van der Waals surface area contributed by atoms with Gasteiger partial charge >= 0.3 is 0 Å². The highest BCUT2D eigenvalue weighted by atomic mass is 16.3. The van der Waals surface area contributed by atoms with Gasteiger partial charge in [-0.25, -0.2) is 0 Å². The summed E-state index contributed by atoms with van der Waals surface area (Å²) in [7, 11) is 13.2. The van der Waals surface area contributed by atoms with Crippen molar-refractivity contribution in [3.8, 4) is 0 Å². The van der Waals surface area contributed by atoms with Crippen molar-refractivity contribution in [2.45, 2.75) is 0 Å². The maximum absolute atomic E-state index is 8.76. The van der Waals surface area contributed by atoms with Crippen LogP contribution in [0.5, 0.6) is 0 Å². The van der Waals surface area contributed by atoms with E-state index in [0.717, 1.165) is 56.8 Å². The molecule has 0 heterocycles. The smallest absolute Gasteiger partial charge is 0.0912 e. The largest absolute Gasteiger partial charge is 0.395 e. The van der Waals surface area contributed by atoms with Crippen LogP contribution in [-0.4, -0.2) is 132 Å². The molecule has 0 aromatic carbocycles. The third kappa shape index (κ3) is 13.4. The molecule has 0 aromatic heterocycles. The highest BCUT2D eigenvalue weighted by Crippen LogP contribution is 1.97. The number of aliphatic hydroxyl groups is 1. The molecule has 0 atom stereocenters. The van der Waals surface area contributed by atoms with Crippen LogP contribution in [0.15, 0.2) is 0 Å². The Morgan fingerprint density at radius 3 is 1.86 bits per heavy atom. The van der Waals surface area contributed by atoms with Gasteiger partial charge < -0.3 is 24.7 Å². The van der Waals surface area contributed by atoms with Crippen LogP contribution in [-0.2, 0) is 0 Å². The number of rotatable bonds is 14. The van der Waals surface area contributed by atoms with E-state index < -0.39 is 0 Å². The van der Waals surface area contributed by atoms with Crippen LogP contribution in [0.3, 0.4) is 0 Å². The van der Waals surface area contributed by atoms with Gasteiger partial charge in [-0.1, -0.05) is 0 Å². The Hall–Kier alpha value is -0.240. The Bertz CT molecular complexity index is 261. The summed E-state index contributed by atoms with van der Waals surface area (Å²) < 4.78 is 1.01. The summed E-state index contributed by atoms with van der Waals surface area (Å²) in [6.45, 7) is 9.72. The summed E-state index contributed by atoms with van der Waals surface area (Å²) in [5.74, 6) is 0. The molecular formula is C16H40N5O+. The predicted octanol–water partition coefficient (Wildman–Crippen LogP) is -0.930. The molecular weight excluding hydrogens is 278 g/mol. The van der Waals surface area contributed by atoms with Gasteiger partial charge in [-0.15, -0.1) is 0 Å². The standard InChI is InChI=1S/C16H40N5O/c1-18(2)9-10-19(3)11-12-20(4)13-15-21(5,6)14-7-17-8-16-22/h17,22H,7-16H2,1-6H3/q+1. The normalized spacial score (nSPS) is 12.8. The second-order valence-corrected chi connectivity index (χ2v) is 7.27. The number of aliphatic hydroxyl groups excluding tert-OH is 1. The van der Waals surface area contributed by atoms with Gasteiger partial charge in [0.2, 0.25) is 0 Å². The van der Waals surface area contributed by atoms with E-state index in [2.05, 4.69) is 62.3 Å². The molecule has 0 aromatic rings. The van der Waals surface area contributed by atoms with E-state index in [1.165, 1.54) is 0 Å². The first-order valence-electron chi connectivity index (χ1n) is 8.42. The van der Waals surface area contributed by atoms with Gasteiger partial charge in [-0.05, 0) is 28.2 Å². The van der Waals surface area contributed by atoms with Crippen LogP contribution in [0.25, 0.3) is 0 Å². The number of quaternary nitrogens is 1. The Morgan fingerprint density at radius 2 is 1.32 bits per heavy atom. The molecule has 0 fully saturated rings. The van der Waals surface area contributed by atoms with Crippen molar-refractivity contribution in [3.63, 3.8) is 0 Å². The molecule has 0 saturated carbocycles. The summed E-state index contributed by atoms with van der Waals surface area (Å²) in [6, 6.07) is 0. The van der Waals surface area contributed by atoms with Gasteiger partial charge in [-0.2, -0.15) is 0 Å². The minimum absolute atomic E-state index is 0.220. The van der Waals surface area contributed by atoms with E-state index in [9.17, 15) is 0 Å². The van der Waals surface area contributed by atoms with Gasteiger partial charge in [0, 0.05) is 45.8 Å². The van der Waals surface area contributed by atoms with Crippen LogP contribution < -0.4 is 5.32 Å². The van der Waals surface area contributed by atoms with Crippen LogP contribution >= 0.6 is 0 Å². The zero-order valence-corrected chi connectivity index (χ0v) is 15.8. The number of likely N-dealkylation sites (N-methyl/N-ethyl adjacent to an activating group) is 4. The number of hydrogen-bond acceptors (Lipinski definition) is 5. The lowest BCUT2D eigenvalue weighted by molar-refractivity contribution is -0.888. The van der Waals surface area contributed by atoms with E-state index >= 15 is 0 Å². The van der Waals surface area contributed by atoms with Gasteiger partial charge in [0.25, 0.3) is 0 Å². The highest BCUT2D eigenvalue weighted by Gasteiger charge is 2.15. The van der Waals surface area contributed by atoms with E-state index in [1.807, 2.05) is 0 Å². The van der Waals surface area contributed by atoms with Gasteiger partial charge in [0.15, 0.2) is 0 Å². The van der Waals surface area contributed by atoms with Crippen LogP contribution in [0.2, 0.25) is 0 Å². The molecule has 6 heteroatoms. The summed E-state index contributed by atoms with van der Waals surface area (Å²) >= 11 is 0. The topological polar surface area (TPSA) is 42.0 Å². The fourth-order valence-corrected chi connectivity index (χ4v) is 2.07. The summed E-state index contributed by atoms with van der Waals surface area (Å²) in [5.41, 5.74) is 0. The maximum Gasteiger partial charge on any atom is 0.0912 e. The Labute approximate surface area is 138 Å². The number of nitrogens with zero attached hydrogens (tertiary/aromatic N) is 4. The first kappa shape index (κ1) is 21.8. The van der Waals surface area contributed by atoms with Crippen molar-refractivity contribution in [2.24, 2.45) is 0 Å². The molecule has 0 saturated heterocycles. The fourth-order valence-electron chi connectivity index (χ4n) is 2.07. The van der Waals surface area contributed by atoms with Crippen molar-refractivity contribution in [3.05, 3.63) is 0 Å². The fraction of sp³-hybridized carbons (Fsp3) is 1.00. The second-order valence-electron chi connectivity index (χ2n) is 7.27. The predicted molar refractivity (Wildman–Crippen MR) is 95.3 cm³/mol. The van der Waals surface area contributed by atoms with E-state index in [1.54, 1.807) is 0 Å². The first-order valence-corrected chi connectivity index (χ1v) is 8.42. The minimum atomic E-state index is 0.220. The zero-order chi connectivity index (χ0) is 17.0. The summed E-state index contributed by atoms with van der Waals surface area (Å²) in [4.78, 5) is 7.05. The van der Waals surface area contributed by atoms with E-state index in [-0.39, 0.29) is 6.61 Å². The van der Waals surface area contributed by atoms with Crippen molar-refractivity contribution in [1.29, 1.82) is 0 Å². The van der Waals surface area contributed by atoms with Gasteiger partial charge in [0.05, 0.1) is 33.8 Å². The maximum atomic E-state index is 8.76. The quantitative estimate of drug-likeness (QED) is 0.320. The van der Waals surface area contributed by atoms with E-state index in [4.69, 9.17) is 5.11 Å². The van der Waals surface area contributed by atoms with Gasteiger partial charge in [-0.3, -0.25) is 4.90 Å². The second kappa shape index (κ2) is 12.2. The SMILES string of the molecule is CN(C)CCN(C)CCN(C)CC[N+](C)(C)CCNCCO. The zero-order valence-electron chi connectivity index (χ0n) is 15.8. The Balaban J connectivity index is 3.75. The van der Waals surface area contributed by atoms with E-state index in [0.29, 0.717) is 6.54 Å². The molecule has 0 spiro atoms. The van der Waals surface area contributed by atoms with Crippen molar-refractivity contribution < 1.29 is 9.59 Å². The molecule has 0 rings (SSSR count). The average molecular weight is 319 g/mol. The van der Waals surface area contributed by atoms with Crippen LogP contribution in [0.4, 0.5) is 0 Å². The molecule has 0 aliphatic rings. The Kier molecular flexibility index (Phi) is 12.1. The molecule has 0 aliphatic heterocycles. The molecule has 0 unspecified atom stereocenters. The lowest BCUT2D eigenvalue weighted by Gasteiger charge is -2.32. The number of hydrogen-bond donors (Lipinski definition) is 2. The van der Waals surface area contributed by atoms with Crippen molar-refractivity contribution >= 4 is 0 Å². The third-order valence-corrected chi connectivity index (χ3v) is 4.06. The molecule has 2 N–H and O–H groups in total. The number of nitrogens with one attached hydrogen (secondary N) is 1. The summed E-state index contributed by atoms with van der Waals surface area (Å²) in [6.07, 6.45) is 0. The molecule has 22 heavy (non-hydrogen) atoms. The highest BCUT2D eigenvalue weighted by molar-refractivity contribution is 4.59. The van der Waals surface area contributed by atoms with Gasteiger partial charge in [0.1, 0.15) is 0 Å². The molecule has 6 nitrogen and oxygen atoms in total. The minimum Gasteiger partial charge on any atom is -0.395 e. The van der Waals surface area contributed by atoms with Crippen LogP contribution in [0.1, 0.15) is 0 Å². The molecule has 134 valence electrons. The summed E-state index contributed by atoms with van der Waals surface area (Å²) in [5, 5.41) is 12.0. The monoisotopic (exact) mass is 318 g/mol. The molecule has 0 amide bonds. The molecule has 0 bridgehead atoms. The van der Waals surface area contributed by atoms with Crippen molar-refractivity contribution in [2.75, 3.05) is 108 Å². The van der Waals surface area contributed by atoms with Crippen molar-refractivity contribution in [1.82, 2.24) is 20.0 Å². The molecule has 0 radical (unpaired) electrons. The average Bonchev–Trinajstić information content (AvgIpc) is 2.45. The lowest BCUT2D eigenvalue weighted by atomic mass is 10.3. The molecule has 0 aliphatic carbocycles. The van der Waals surface area contributed by atoms with Crippen LogP contribution in [0, 0.1) is 0 Å². The Morgan fingerprint density at radius 1 is 0.773 bits per heavy atom. The third-order valence-electron chi connectivity index (χ3n) is 4.06.